The smallest absolute Gasteiger partial charge is 0.0619 e. The second kappa shape index (κ2) is 5.91. The molecule has 0 N–H and O–H groups in total. The monoisotopic (exact) mass is 460 g/mol. The number of fused-ring (bicyclic) bond motifs is 9. The summed E-state index contributed by atoms with van der Waals surface area (Å²) in [5.41, 5.74) is 12.1. The molecule has 3 heterocycles. The zero-order chi connectivity index (χ0) is 23.9. The zero-order valence-corrected chi connectivity index (χ0v) is 20.6. The molecule has 1 aliphatic rings. The topological polar surface area (TPSA) is 9.34 Å². The lowest BCUT2D eigenvalue weighted by Gasteiger charge is -2.22. The SMILES string of the molecule is Cn1c2cccc3c4cccc5c6ccccc6n(c6cc7c(c1c6c32)-c1ccccc1C7(C)C)c45. The molecule has 1 aliphatic carbocycles. The summed E-state index contributed by atoms with van der Waals surface area (Å²) < 4.78 is 5.01. The van der Waals surface area contributed by atoms with E-state index < -0.39 is 0 Å². The molecule has 5 aromatic carbocycles. The van der Waals surface area contributed by atoms with E-state index in [2.05, 4.69) is 121 Å². The van der Waals surface area contributed by atoms with Crippen LogP contribution in [0.4, 0.5) is 0 Å². The van der Waals surface area contributed by atoms with E-state index in [0.29, 0.717) is 0 Å². The third kappa shape index (κ3) is 1.89. The Labute approximate surface area is 208 Å². The van der Waals surface area contributed by atoms with Crippen LogP contribution >= 0.6 is 0 Å². The quantitative estimate of drug-likeness (QED) is 0.214. The van der Waals surface area contributed by atoms with Crippen LogP contribution < -0.4 is 0 Å². The normalized spacial score (nSPS) is 14.8. The maximum Gasteiger partial charge on any atom is 0.0619 e. The Bertz CT molecular complexity index is 2240. The van der Waals surface area contributed by atoms with E-state index in [1.165, 1.54) is 82.2 Å². The average Bonchev–Trinajstić information content (AvgIpc) is 3.44. The molecular formula is C34H24N2. The summed E-state index contributed by atoms with van der Waals surface area (Å²) in [5, 5.41) is 8.03. The van der Waals surface area contributed by atoms with Crippen LogP contribution in [0.15, 0.2) is 91.0 Å². The van der Waals surface area contributed by atoms with E-state index in [4.69, 9.17) is 0 Å². The molecule has 2 heteroatoms. The Morgan fingerprint density at radius 2 is 1.22 bits per heavy atom. The maximum atomic E-state index is 2.56. The van der Waals surface area contributed by atoms with Crippen LogP contribution in [0.25, 0.3) is 71.0 Å². The van der Waals surface area contributed by atoms with E-state index in [1.807, 2.05) is 0 Å². The first-order valence-electron chi connectivity index (χ1n) is 12.8. The van der Waals surface area contributed by atoms with Gasteiger partial charge in [0.05, 0.1) is 22.1 Å². The van der Waals surface area contributed by atoms with Crippen molar-refractivity contribution in [2.45, 2.75) is 19.3 Å². The summed E-state index contributed by atoms with van der Waals surface area (Å²) >= 11 is 0. The molecule has 0 aliphatic heterocycles. The van der Waals surface area contributed by atoms with E-state index in [9.17, 15) is 0 Å². The molecule has 0 saturated heterocycles. The van der Waals surface area contributed by atoms with Gasteiger partial charge in [0, 0.05) is 50.5 Å². The van der Waals surface area contributed by atoms with Crippen molar-refractivity contribution in [1.29, 1.82) is 0 Å². The lowest BCUT2D eigenvalue weighted by atomic mass is 9.82. The molecule has 2 nitrogen and oxygen atoms in total. The van der Waals surface area contributed by atoms with E-state index in [0.717, 1.165) is 0 Å². The second-order valence-corrected chi connectivity index (χ2v) is 11.0. The van der Waals surface area contributed by atoms with Gasteiger partial charge in [0.25, 0.3) is 0 Å². The van der Waals surface area contributed by atoms with Crippen molar-refractivity contribution in [1.82, 2.24) is 8.97 Å². The fraction of sp³-hybridized carbons (Fsp3) is 0.118. The van der Waals surface area contributed by atoms with Gasteiger partial charge in [-0.15, -0.1) is 0 Å². The van der Waals surface area contributed by atoms with Crippen LogP contribution in [0.2, 0.25) is 0 Å². The Kier molecular flexibility index (Phi) is 3.11. The first-order chi connectivity index (χ1) is 17.6. The van der Waals surface area contributed by atoms with Gasteiger partial charge >= 0.3 is 0 Å². The van der Waals surface area contributed by atoms with Crippen LogP contribution in [0.5, 0.6) is 0 Å². The molecule has 0 spiro atoms. The highest BCUT2D eigenvalue weighted by Gasteiger charge is 2.38. The molecule has 0 atom stereocenters. The fourth-order valence-corrected chi connectivity index (χ4v) is 7.48. The number of aromatic nitrogens is 2. The van der Waals surface area contributed by atoms with Crippen LogP contribution in [-0.2, 0) is 12.5 Å². The lowest BCUT2D eigenvalue weighted by molar-refractivity contribution is 0.661. The van der Waals surface area contributed by atoms with Crippen molar-refractivity contribution >= 4 is 59.9 Å². The standard InChI is InChI=1S/C34H24N2/c1-34(2)24-15-6-4-11-23(24)29-25(34)18-28-31-30-20(12-9-17-27(30)35(3)33(29)31)22-14-8-13-21-19-10-5-7-16-26(19)36(28)32(21)22/h4-18H,1-3H3. The fourth-order valence-electron chi connectivity index (χ4n) is 7.48. The molecule has 0 radical (unpaired) electrons. The lowest BCUT2D eigenvalue weighted by Crippen LogP contribution is -2.15. The number of hydrogen-bond acceptors (Lipinski definition) is 0. The Morgan fingerprint density at radius 1 is 0.556 bits per heavy atom. The molecule has 8 aromatic rings. The van der Waals surface area contributed by atoms with Crippen molar-refractivity contribution in [3.63, 3.8) is 0 Å². The molecule has 0 amide bonds. The van der Waals surface area contributed by atoms with Gasteiger partial charge in [-0.05, 0) is 40.3 Å². The van der Waals surface area contributed by atoms with E-state index in [1.54, 1.807) is 0 Å². The first kappa shape index (κ1) is 19.0. The predicted molar refractivity (Wildman–Crippen MR) is 153 cm³/mol. The molecule has 170 valence electrons. The van der Waals surface area contributed by atoms with Gasteiger partial charge in [0.15, 0.2) is 0 Å². The summed E-state index contributed by atoms with van der Waals surface area (Å²) in [4.78, 5) is 0. The highest BCUT2D eigenvalue weighted by Crippen LogP contribution is 2.54. The third-order valence-electron chi connectivity index (χ3n) is 9.04. The van der Waals surface area contributed by atoms with Crippen molar-refractivity contribution < 1.29 is 0 Å². The van der Waals surface area contributed by atoms with E-state index in [-0.39, 0.29) is 5.41 Å². The summed E-state index contributed by atoms with van der Waals surface area (Å²) in [7, 11) is 2.25. The van der Waals surface area contributed by atoms with Crippen LogP contribution in [0.1, 0.15) is 25.0 Å². The number of benzene rings is 5. The summed E-state index contributed by atoms with van der Waals surface area (Å²) in [6, 6.07) is 34.1. The van der Waals surface area contributed by atoms with Gasteiger partial charge in [0.1, 0.15) is 0 Å². The number of para-hydroxylation sites is 2. The van der Waals surface area contributed by atoms with Gasteiger partial charge in [-0.2, -0.15) is 0 Å². The van der Waals surface area contributed by atoms with Gasteiger partial charge in [-0.1, -0.05) is 86.6 Å². The molecule has 36 heavy (non-hydrogen) atoms. The molecule has 0 saturated carbocycles. The number of hydrogen-bond donors (Lipinski definition) is 0. The van der Waals surface area contributed by atoms with Gasteiger partial charge in [0.2, 0.25) is 0 Å². The Balaban J connectivity index is 1.73. The number of nitrogens with zero attached hydrogens (tertiary/aromatic N) is 2. The van der Waals surface area contributed by atoms with Crippen molar-refractivity contribution in [3.05, 3.63) is 102 Å². The van der Waals surface area contributed by atoms with Crippen molar-refractivity contribution in [2.75, 3.05) is 0 Å². The van der Waals surface area contributed by atoms with Crippen LogP contribution in [-0.4, -0.2) is 8.97 Å². The number of rotatable bonds is 0. The highest BCUT2D eigenvalue weighted by molar-refractivity contribution is 6.32. The second-order valence-electron chi connectivity index (χ2n) is 11.0. The maximum absolute atomic E-state index is 2.56. The largest absolute Gasteiger partial charge is 0.343 e. The minimum absolute atomic E-state index is 0.0657. The molecule has 0 bridgehead atoms. The highest BCUT2D eigenvalue weighted by atomic mass is 15.0. The Hall–Kier alpha value is -4.30. The van der Waals surface area contributed by atoms with Gasteiger partial charge in [-0.25, -0.2) is 0 Å². The molecule has 3 aromatic heterocycles. The van der Waals surface area contributed by atoms with Crippen molar-refractivity contribution in [3.8, 4) is 11.1 Å². The molecule has 9 rings (SSSR count). The molecule has 0 fully saturated rings. The van der Waals surface area contributed by atoms with Gasteiger partial charge < -0.3 is 8.97 Å². The minimum atomic E-state index is -0.0657. The van der Waals surface area contributed by atoms with E-state index >= 15 is 0 Å². The summed E-state index contributed by atoms with van der Waals surface area (Å²) in [6.07, 6.45) is 0. The Morgan fingerprint density at radius 3 is 2.11 bits per heavy atom. The molecular weight excluding hydrogens is 436 g/mol. The van der Waals surface area contributed by atoms with Gasteiger partial charge in [-0.3, -0.25) is 0 Å². The van der Waals surface area contributed by atoms with Crippen molar-refractivity contribution in [2.24, 2.45) is 7.05 Å². The zero-order valence-electron chi connectivity index (χ0n) is 20.6. The van der Waals surface area contributed by atoms with Crippen LogP contribution in [0, 0.1) is 0 Å². The summed E-state index contributed by atoms with van der Waals surface area (Å²) in [6.45, 7) is 4.77. The first-order valence-corrected chi connectivity index (χ1v) is 12.8. The average molecular weight is 461 g/mol. The summed E-state index contributed by atoms with van der Waals surface area (Å²) in [5.74, 6) is 0. The third-order valence-corrected chi connectivity index (χ3v) is 9.04. The number of aryl methyl sites for hydroxylation is 1. The molecule has 0 unspecified atom stereocenters. The minimum Gasteiger partial charge on any atom is -0.343 e. The predicted octanol–water partition coefficient (Wildman–Crippen LogP) is 8.79. The van der Waals surface area contributed by atoms with Crippen LogP contribution in [0.3, 0.4) is 0 Å².